The average molecular weight is 383 g/mol. The zero-order chi connectivity index (χ0) is 18.7. The molecule has 0 bridgehead atoms. The van der Waals surface area contributed by atoms with Gasteiger partial charge in [0, 0.05) is 37.4 Å². The number of carbonyl (C=O) groups excluding carboxylic acids is 1. The number of hydroxylamine groups is 2. The zero-order valence-corrected chi connectivity index (χ0v) is 14.4. The lowest BCUT2D eigenvalue weighted by molar-refractivity contribution is -0.182. The fourth-order valence-electron chi connectivity index (χ4n) is 2.56. The first-order chi connectivity index (χ1) is 12.4. The summed E-state index contributed by atoms with van der Waals surface area (Å²) >= 11 is 5.81. The van der Waals surface area contributed by atoms with E-state index < -0.39 is 17.8 Å². The fraction of sp³-hybridized carbons (Fsp3) is 0.312. The van der Waals surface area contributed by atoms with E-state index in [-0.39, 0.29) is 12.3 Å². The van der Waals surface area contributed by atoms with Crippen molar-refractivity contribution >= 4 is 23.6 Å². The van der Waals surface area contributed by atoms with Crippen LogP contribution in [-0.2, 0) is 11.4 Å². The number of nitrogens with zero attached hydrogens (tertiary/aromatic N) is 4. The van der Waals surface area contributed by atoms with Crippen molar-refractivity contribution in [2.45, 2.75) is 6.61 Å². The third-order valence-electron chi connectivity index (χ3n) is 3.85. The van der Waals surface area contributed by atoms with Gasteiger partial charge in [0.05, 0.1) is 6.61 Å². The van der Waals surface area contributed by atoms with Gasteiger partial charge in [-0.1, -0.05) is 11.6 Å². The summed E-state index contributed by atoms with van der Waals surface area (Å²) in [6, 6.07) is 5.07. The molecule has 0 aliphatic carbocycles. The van der Waals surface area contributed by atoms with Gasteiger partial charge in [0.15, 0.2) is 5.69 Å². The SMILES string of the molecule is O=C(O)c1ccn(C(=O)N2CCN(OCc3cc(F)cc(Cl)c3)CC2)n1. The molecule has 2 heterocycles. The van der Waals surface area contributed by atoms with E-state index in [2.05, 4.69) is 5.10 Å². The normalized spacial score (nSPS) is 15.2. The minimum Gasteiger partial charge on any atom is -0.476 e. The number of hydrogen-bond donors (Lipinski definition) is 1. The van der Waals surface area contributed by atoms with E-state index in [0.717, 1.165) is 4.68 Å². The predicted molar refractivity (Wildman–Crippen MR) is 89.3 cm³/mol. The number of halogens is 2. The van der Waals surface area contributed by atoms with E-state index in [9.17, 15) is 14.0 Å². The number of amides is 1. The van der Waals surface area contributed by atoms with Gasteiger partial charge in [-0.15, -0.1) is 0 Å². The summed E-state index contributed by atoms with van der Waals surface area (Å²) in [4.78, 5) is 30.3. The van der Waals surface area contributed by atoms with Gasteiger partial charge >= 0.3 is 12.0 Å². The lowest BCUT2D eigenvalue weighted by atomic mass is 10.2. The maximum atomic E-state index is 13.3. The Kier molecular flexibility index (Phi) is 5.50. The number of hydrogen-bond acceptors (Lipinski definition) is 5. The van der Waals surface area contributed by atoms with Crippen LogP contribution < -0.4 is 0 Å². The Hall–Kier alpha value is -2.49. The molecule has 0 radical (unpaired) electrons. The van der Waals surface area contributed by atoms with Crippen molar-refractivity contribution in [2.75, 3.05) is 26.2 Å². The van der Waals surface area contributed by atoms with Crippen LogP contribution in [0.1, 0.15) is 16.1 Å². The Morgan fingerprint density at radius 3 is 2.58 bits per heavy atom. The number of benzene rings is 1. The number of piperazine rings is 1. The molecule has 10 heteroatoms. The molecule has 0 unspecified atom stereocenters. The lowest BCUT2D eigenvalue weighted by Gasteiger charge is -2.33. The van der Waals surface area contributed by atoms with Crippen molar-refractivity contribution in [3.8, 4) is 0 Å². The number of carboxylic acid groups (broad SMARTS) is 1. The molecule has 1 fully saturated rings. The van der Waals surface area contributed by atoms with Crippen LogP contribution in [0.15, 0.2) is 30.5 Å². The third-order valence-corrected chi connectivity index (χ3v) is 4.07. The Balaban J connectivity index is 1.50. The summed E-state index contributed by atoms with van der Waals surface area (Å²) in [7, 11) is 0. The van der Waals surface area contributed by atoms with Crippen LogP contribution in [0.25, 0.3) is 0 Å². The molecular weight excluding hydrogens is 367 g/mol. The molecule has 0 atom stereocenters. The van der Waals surface area contributed by atoms with Crippen molar-refractivity contribution in [1.29, 1.82) is 0 Å². The van der Waals surface area contributed by atoms with Crippen molar-refractivity contribution in [1.82, 2.24) is 19.7 Å². The molecule has 26 heavy (non-hydrogen) atoms. The topological polar surface area (TPSA) is 87.9 Å². The maximum absolute atomic E-state index is 13.3. The van der Waals surface area contributed by atoms with Gasteiger partial charge < -0.3 is 10.0 Å². The average Bonchev–Trinajstić information content (AvgIpc) is 3.09. The van der Waals surface area contributed by atoms with Crippen LogP contribution in [0.4, 0.5) is 9.18 Å². The molecule has 1 aliphatic heterocycles. The first-order valence-corrected chi connectivity index (χ1v) is 8.21. The fourth-order valence-corrected chi connectivity index (χ4v) is 2.80. The highest BCUT2D eigenvalue weighted by Crippen LogP contribution is 2.16. The number of carbonyl (C=O) groups is 2. The van der Waals surface area contributed by atoms with Crippen LogP contribution in [0.5, 0.6) is 0 Å². The molecule has 1 amide bonds. The smallest absolute Gasteiger partial charge is 0.356 e. The van der Waals surface area contributed by atoms with Gasteiger partial charge in [0.25, 0.3) is 0 Å². The third kappa shape index (κ3) is 4.37. The van der Waals surface area contributed by atoms with Gasteiger partial charge in [-0.05, 0) is 29.8 Å². The minimum atomic E-state index is -1.19. The van der Waals surface area contributed by atoms with Crippen molar-refractivity contribution in [3.05, 3.63) is 52.6 Å². The van der Waals surface area contributed by atoms with Crippen LogP contribution in [0, 0.1) is 5.82 Å². The number of carboxylic acids is 1. The quantitative estimate of drug-likeness (QED) is 0.871. The number of rotatable bonds is 4. The molecule has 0 spiro atoms. The monoisotopic (exact) mass is 382 g/mol. The van der Waals surface area contributed by atoms with Crippen molar-refractivity contribution < 1.29 is 23.9 Å². The van der Waals surface area contributed by atoms with E-state index >= 15 is 0 Å². The van der Waals surface area contributed by atoms with E-state index in [1.165, 1.54) is 24.4 Å². The molecule has 0 saturated carbocycles. The van der Waals surface area contributed by atoms with Crippen molar-refractivity contribution in [2.24, 2.45) is 0 Å². The molecule has 1 aromatic carbocycles. The van der Waals surface area contributed by atoms with E-state index in [4.69, 9.17) is 21.5 Å². The Morgan fingerprint density at radius 1 is 1.23 bits per heavy atom. The van der Waals surface area contributed by atoms with Gasteiger partial charge in [-0.25, -0.2) is 14.0 Å². The summed E-state index contributed by atoms with van der Waals surface area (Å²) in [5.41, 5.74) is 0.431. The minimum absolute atomic E-state index is 0.173. The van der Waals surface area contributed by atoms with E-state index in [0.29, 0.717) is 36.8 Å². The molecule has 1 aliphatic rings. The standard InChI is InChI=1S/C16H16ClFN4O4/c17-12-7-11(8-13(18)9-12)10-26-21-5-3-20(4-6-21)16(25)22-2-1-14(19-22)15(23)24/h1-2,7-9H,3-6,10H2,(H,23,24). The van der Waals surface area contributed by atoms with Crippen molar-refractivity contribution in [3.63, 3.8) is 0 Å². The second kappa shape index (κ2) is 7.81. The predicted octanol–water partition coefficient (Wildman–Crippen LogP) is 2.09. The zero-order valence-electron chi connectivity index (χ0n) is 13.6. The summed E-state index contributed by atoms with van der Waals surface area (Å²) in [6.45, 7) is 1.88. The molecule has 8 nitrogen and oxygen atoms in total. The summed E-state index contributed by atoms with van der Waals surface area (Å²) < 4.78 is 14.3. The molecule has 1 saturated heterocycles. The highest BCUT2D eigenvalue weighted by molar-refractivity contribution is 6.30. The van der Waals surface area contributed by atoms with E-state index in [1.54, 1.807) is 16.0 Å². The van der Waals surface area contributed by atoms with Gasteiger partial charge in [-0.2, -0.15) is 14.8 Å². The maximum Gasteiger partial charge on any atom is 0.356 e. The second-order valence-corrected chi connectivity index (χ2v) is 6.14. The van der Waals surface area contributed by atoms with Gasteiger partial charge in [0.1, 0.15) is 5.82 Å². The Bertz CT molecular complexity index is 800. The van der Waals surface area contributed by atoms with Gasteiger partial charge in [-0.3, -0.25) is 4.84 Å². The molecule has 1 aromatic heterocycles. The molecule has 138 valence electrons. The Morgan fingerprint density at radius 2 is 1.96 bits per heavy atom. The highest BCUT2D eigenvalue weighted by atomic mass is 35.5. The molecule has 2 aromatic rings. The lowest BCUT2D eigenvalue weighted by Crippen LogP contribution is -2.49. The van der Waals surface area contributed by atoms with Crippen LogP contribution in [-0.4, -0.2) is 63.0 Å². The summed E-state index contributed by atoms with van der Waals surface area (Å²) in [5, 5.41) is 14.6. The summed E-state index contributed by atoms with van der Waals surface area (Å²) in [6.07, 6.45) is 1.32. The molecular formula is C16H16ClFN4O4. The van der Waals surface area contributed by atoms with E-state index in [1.807, 2.05) is 0 Å². The van der Waals surface area contributed by atoms with Crippen LogP contribution >= 0.6 is 11.6 Å². The number of aromatic carboxylic acids is 1. The number of aromatic nitrogens is 2. The Labute approximate surface area is 153 Å². The van der Waals surface area contributed by atoms with Crippen LogP contribution in [0.2, 0.25) is 5.02 Å². The highest BCUT2D eigenvalue weighted by Gasteiger charge is 2.24. The molecule has 1 N–H and O–H groups in total. The molecule has 3 rings (SSSR count). The second-order valence-electron chi connectivity index (χ2n) is 5.70. The first-order valence-electron chi connectivity index (χ1n) is 7.83. The first kappa shape index (κ1) is 18.3. The van der Waals surface area contributed by atoms with Crippen LogP contribution in [0.3, 0.4) is 0 Å². The largest absolute Gasteiger partial charge is 0.476 e. The van der Waals surface area contributed by atoms with Gasteiger partial charge in [0.2, 0.25) is 0 Å². The summed E-state index contributed by atoms with van der Waals surface area (Å²) in [5.74, 6) is -1.61.